The number of carbonyl (C=O) groups is 2. The summed E-state index contributed by atoms with van der Waals surface area (Å²) in [4.78, 5) is 36.1. The molecule has 1 aromatic carbocycles. The third-order valence-corrected chi connectivity index (χ3v) is 6.44. The molecule has 0 aliphatic carbocycles. The van der Waals surface area contributed by atoms with Gasteiger partial charge in [-0.15, -0.1) is 0 Å². The fourth-order valence-corrected chi connectivity index (χ4v) is 4.45. The number of rotatable bonds is 7. The predicted molar refractivity (Wildman–Crippen MR) is 126 cm³/mol. The first-order chi connectivity index (χ1) is 16.0. The van der Waals surface area contributed by atoms with Crippen LogP contribution in [0.3, 0.4) is 0 Å². The van der Waals surface area contributed by atoms with Gasteiger partial charge >= 0.3 is 0 Å². The van der Waals surface area contributed by atoms with Crippen LogP contribution >= 0.6 is 0 Å². The first-order valence-electron chi connectivity index (χ1n) is 11.3. The second-order valence-corrected chi connectivity index (χ2v) is 8.25. The number of ether oxygens (including phenoxy) is 1. The number of pyridine rings is 1. The zero-order chi connectivity index (χ0) is 23.5. The summed E-state index contributed by atoms with van der Waals surface area (Å²) < 4.78 is 5.70. The average molecular weight is 451 g/mol. The van der Waals surface area contributed by atoms with Gasteiger partial charge in [-0.2, -0.15) is 0 Å². The van der Waals surface area contributed by atoms with Crippen LogP contribution in [0.1, 0.15) is 31.0 Å². The van der Waals surface area contributed by atoms with Gasteiger partial charge in [0.2, 0.25) is 0 Å². The molecule has 8 heteroatoms. The van der Waals surface area contributed by atoms with E-state index in [1.54, 1.807) is 47.6 Å². The second-order valence-electron chi connectivity index (χ2n) is 8.25. The van der Waals surface area contributed by atoms with Crippen molar-refractivity contribution in [3.05, 3.63) is 59.4 Å². The molecule has 1 aromatic heterocycles. The van der Waals surface area contributed by atoms with E-state index in [1.807, 2.05) is 11.9 Å². The number of aromatic nitrogens is 1. The molecule has 0 saturated carbocycles. The number of ketones is 1. The largest absolute Gasteiger partial charge is 0.507 e. The van der Waals surface area contributed by atoms with Crippen LogP contribution in [0.25, 0.3) is 5.76 Å². The van der Waals surface area contributed by atoms with Crippen molar-refractivity contribution >= 4 is 23.1 Å². The molecule has 2 aliphatic rings. The van der Waals surface area contributed by atoms with E-state index < -0.39 is 17.7 Å². The van der Waals surface area contributed by atoms with Gasteiger partial charge in [-0.1, -0.05) is 13.8 Å². The molecule has 0 spiro atoms. The van der Waals surface area contributed by atoms with Crippen molar-refractivity contribution in [1.29, 1.82) is 0 Å². The van der Waals surface area contributed by atoms with Gasteiger partial charge in [0.15, 0.2) is 0 Å². The van der Waals surface area contributed by atoms with Crippen LogP contribution in [0, 0.1) is 0 Å². The summed E-state index contributed by atoms with van der Waals surface area (Å²) in [7, 11) is 1.95. The Hall–Kier alpha value is -3.39. The van der Waals surface area contributed by atoms with Crippen LogP contribution < -0.4 is 9.64 Å². The zero-order valence-corrected chi connectivity index (χ0v) is 19.3. The minimum Gasteiger partial charge on any atom is -0.507 e. The fourth-order valence-electron chi connectivity index (χ4n) is 4.45. The van der Waals surface area contributed by atoms with Gasteiger partial charge in [0.1, 0.15) is 18.1 Å². The van der Waals surface area contributed by atoms with E-state index in [4.69, 9.17) is 4.74 Å². The van der Waals surface area contributed by atoms with Crippen LogP contribution in [0.5, 0.6) is 5.75 Å². The van der Waals surface area contributed by atoms with Gasteiger partial charge in [-0.05, 0) is 49.0 Å². The maximum Gasteiger partial charge on any atom is 0.295 e. The molecule has 1 fully saturated rings. The predicted octanol–water partition coefficient (Wildman–Crippen LogP) is 2.67. The summed E-state index contributed by atoms with van der Waals surface area (Å²) in [5.74, 6) is -0.715. The maximum atomic E-state index is 13.2. The number of likely N-dealkylation sites (tertiary alicyclic amines) is 1. The number of nitrogens with zero attached hydrogens (tertiary/aromatic N) is 4. The molecule has 8 nitrogen and oxygen atoms in total. The van der Waals surface area contributed by atoms with E-state index in [1.165, 1.54) is 0 Å². The van der Waals surface area contributed by atoms with Gasteiger partial charge < -0.3 is 24.5 Å². The molecule has 33 heavy (non-hydrogen) atoms. The Morgan fingerprint density at radius 2 is 1.91 bits per heavy atom. The van der Waals surface area contributed by atoms with E-state index in [9.17, 15) is 14.7 Å². The monoisotopic (exact) mass is 450 g/mol. The molecular weight excluding hydrogens is 420 g/mol. The number of amides is 1. The molecule has 3 heterocycles. The third kappa shape index (κ3) is 4.30. The van der Waals surface area contributed by atoms with E-state index in [2.05, 4.69) is 23.7 Å². The summed E-state index contributed by atoms with van der Waals surface area (Å²) in [6.07, 6.45) is 3.26. The molecule has 1 amide bonds. The molecule has 0 bridgehead atoms. The number of hydrogen-bond acceptors (Lipinski definition) is 7. The maximum absolute atomic E-state index is 13.2. The van der Waals surface area contributed by atoms with Crippen molar-refractivity contribution in [2.45, 2.75) is 19.9 Å². The molecule has 2 aromatic rings. The molecule has 4 rings (SSSR count). The quantitative estimate of drug-likeness (QED) is 0.394. The van der Waals surface area contributed by atoms with Gasteiger partial charge in [0.05, 0.1) is 23.8 Å². The lowest BCUT2D eigenvalue weighted by molar-refractivity contribution is -0.140. The van der Waals surface area contributed by atoms with Crippen molar-refractivity contribution in [2.24, 2.45) is 0 Å². The molecule has 1 N–H and O–H groups in total. The number of aliphatic hydroxyl groups is 1. The van der Waals surface area contributed by atoms with Gasteiger partial charge in [0.25, 0.3) is 11.7 Å². The molecule has 1 saturated heterocycles. The van der Waals surface area contributed by atoms with Crippen molar-refractivity contribution in [1.82, 2.24) is 14.8 Å². The lowest BCUT2D eigenvalue weighted by Gasteiger charge is -2.29. The van der Waals surface area contributed by atoms with Crippen LogP contribution in [-0.4, -0.2) is 78.0 Å². The smallest absolute Gasteiger partial charge is 0.295 e. The number of anilines is 1. The molecular formula is C25H30N4O4. The fraction of sp³-hybridized carbons (Fsp3) is 0.400. The van der Waals surface area contributed by atoms with Crippen molar-refractivity contribution < 1.29 is 19.4 Å². The Labute approximate surface area is 194 Å². The Morgan fingerprint density at radius 3 is 2.61 bits per heavy atom. The molecule has 0 radical (unpaired) electrons. The van der Waals surface area contributed by atoms with Crippen LogP contribution in [-0.2, 0) is 9.59 Å². The Bertz CT molecular complexity index is 1070. The highest BCUT2D eigenvalue weighted by Gasteiger charge is 2.46. The number of fused-ring (bicyclic) bond motifs is 1. The SMILES string of the molecule is CCN(CC)CCN1C(=O)C(=O)/C(=C(\O)c2ccc3c(c2)N(C)CCO3)C1c1ccncc1. The van der Waals surface area contributed by atoms with E-state index in [0.29, 0.717) is 25.3 Å². The van der Waals surface area contributed by atoms with E-state index in [0.717, 1.165) is 36.6 Å². The number of hydrogen-bond donors (Lipinski definition) is 1. The highest BCUT2D eigenvalue weighted by Crippen LogP contribution is 2.40. The first kappa shape index (κ1) is 22.8. The van der Waals surface area contributed by atoms with Gasteiger partial charge in [-0.3, -0.25) is 14.6 Å². The van der Waals surface area contributed by atoms with Crippen LogP contribution in [0.4, 0.5) is 5.69 Å². The Kier molecular flexibility index (Phi) is 6.65. The minimum absolute atomic E-state index is 0.102. The number of likely N-dealkylation sites (N-methyl/N-ethyl adjacent to an activating group) is 2. The standard InChI is InChI=1S/C25H30N4O4/c1-4-28(5-2)12-13-29-22(17-8-10-26-11-9-17)21(24(31)25(29)32)23(30)18-6-7-20-19(16-18)27(3)14-15-33-20/h6-11,16,22,30H,4-5,12-15H2,1-3H3/b23-21-. The highest BCUT2D eigenvalue weighted by molar-refractivity contribution is 6.46. The summed E-state index contributed by atoms with van der Waals surface area (Å²) in [6.45, 7) is 8.18. The Morgan fingerprint density at radius 1 is 1.18 bits per heavy atom. The number of aliphatic hydroxyl groups excluding tert-OH is 1. The topological polar surface area (TPSA) is 86.2 Å². The van der Waals surface area contributed by atoms with Crippen molar-refractivity contribution in [2.75, 3.05) is 51.3 Å². The van der Waals surface area contributed by atoms with Crippen LogP contribution in [0.15, 0.2) is 48.3 Å². The number of benzene rings is 1. The number of carbonyl (C=O) groups excluding carboxylic acids is 2. The summed E-state index contributed by atoms with van der Waals surface area (Å²) in [6, 6.07) is 8.20. The first-order valence-corrected chi connectivity index (χ1v) is 11.3. The lowest BCUT2D eigenvalue weighted by atomic mass is 9.95. The van der Waals surface area contributed by atoms with Crippen molar-refractivity contribution in [3.8, 4) is 5.75 Å². The van der Waals surface area contributed by atoms with Gasteiger partial charge in [0, 0.05) is 38.1 Å². The normalized spacial score (nSPS) is 19.7. The molecule has 1 unspecified atom stereocenters. The number of Topliss-reactive ketones (excluding diaryl/α,β-unsaturated/α-hetero) is 1. The zero-order valence-electron chi connectivity index (χ0n) is 19.3. The van der Waals surface area contributed by atoms with Crippen molar-refractivity contribution in [3.63, 3.8) is 0 Å². The lowest BCUT2D eigenvalue weighted by Crippen LogP contribution is -2.38. The summed E-state index contributed by atoms with van der Waals surface area (Å²) >= 11 is 0. The minimum atomic E-state index is -0.673. The molecule has 174 valence electrons. The van der Waals surface area contributed by atoms with Gasteiger partial charge in [-0.25, -0.2) is 0 Å². The molecule has 1 atom stereocenters. The average Bonchev–Trinajstić information content (AvgIpc) is 3.10. The third-order valence-electron chi connectivity index (χ3n) is 6.44. The Balaban J connectivity index is 1.78. The summed E-state index contributed by atoms with van der Waals surface area (Å²) in [5.41, 5.74) is 2.15. The van der Waals surface area contributed by atoms with Crippen LogP contribution in [0.2, 0.25) is 0 Å². The molecule has 2 aliphatic heterocycles. The van der Waals surface area contributed by atoms with E-state index in [-0.39, 0.29) is 11.3 Å². The second kappa shape index (κ2) is 9.62. The summed E-state index contributed by atoms with van der Waals surface area (Å²) in [5, 5.41) is 11.3. The van der Waals surface area contributed by atoms with E-state index >= 15 is 0 Å². The highest BCUT2D eigenvalue weighted by atomic mass is 16.5.